The smallest absolute Gasteiger partial charge is 0.355 e. The standard InChI is InChI=1S/C23H16BrClN4O4/c1-32-22(30)18-17(12-6-4-3-5-7-12)14(11-27)21(28)29(20(18)23(31)33-2)19-13(10-26)15(24)8-9-16(19)25/h3-9,17H,28H2,1-2H3. The van der Waals surface area contributed by atoms with Crippen LogP contribution in [0.5, 0.6) is 0 Å². The predicted molar refractivity (Wildman–Crippen MR) is 123 cm³/mol. The summed E-state index contributed by atoms with van der Waals surface area (Å²) in [6, 6.07) is 15.7. The summed E-state index contributed by atoms with van der Waals surface area (Å²) < 4.78 is 10.3. The predicted octanol–water partition coefficient (Wildman–Crippen LogP) is 3.87. The van der Waals surface area contributed by atoms with Crippen molar-refractivity contribution in [3.05, 3.63) is 85.8 Å². The molecule has 0 saturated heterocycles. The fourth-order valence-electron chi connectivity index (χ4n) is 3.61. The molecule has 0 amide bonds. The van der Waals surface area contributed by atoms with Crippen LogP contribution in [0.4, 0.5) is 5.69 Å². The third kappa shape index (κ3) is 4.05. The molecule has 1 unspecified atom stereocenters. The zero-order chi connectivity index (χ0) is 24.3. The van der Waals surface area contributed by atoms with E-state index in [-0.39, 0.29) is 38.9 Å². The minimum absolute atomic E-state index is 0.00658. The first-order valence-corrected chi connectivity index (χ1v) is 10.5. The van der Waals surface area contributed by atoms with Gasteiger partial charge in [0.05, 0.1) is 53.6 Å². The molecule has 1 aliphatic heterocycles. The number of halogens is 2. The van der Waals surface area contributed by atoms with E-state index in [2.05, 4.69) is 15.9 Å². The molecular formula is C23H16BrClN4O4. The highest BCUT2D eigenvalue weighted by atomic mass is 79.9. The normalized spacial score (nSPS) is 15.6. The SMILES string of the molecule is COC(=O)C1=C(C(=O)OC)N(c2c(Cl)ccc(Br)c2C#N)C(N)=C(C#N)C1c1ccccc1. The van der Waals surface area contributed by atoms with E-state index < -0.39 is 17.9 Å². The number of benzene rings is 2. The van der Waals surface area contributed by atoms with E-state index in [9.17, 15) is 20.1 Å². The van der Waals surface area contributed by atoms with Gasteiger partial charge in [0, 0.05) is 4.47 Å². The number of rotatable bonds is 4. The van der Waals surface area contributed by atoms with E-state index >= 15 is 0 Å². The van der Waals surface area contributed by atoms with Crippen LogP contribution in [0.15, 0.2) is 69.6 Å². The largest absolute Gasteiger partial charge is 0.466 e. The molecule has 8 nitrogen and oxygen atoms in total. The summed E-state index contributed by atoms with van der Waals surface area (Å²) in [5.74, 6) is -3.02. The van der Waals surface area contributed by atoms with Gasteiger partial charge in [0.1, 0.15) is 17.6 Å². The van der Waals surface area contributed by atoms with Crippen molar-refractivity contribution in [3.8, 4) is 12.1 Å². The van der Waals surface area contributed by atoms with Gasteiger partial charge in [0.2, 0.25) is 0 Å². The Balaban J connectivity index is 2.53. The summed E-state index contributed by atoms with van der Waals surface area (Å²) in [6.07, 6.45) is 0. The molecule has 0 radical (unpaired) electrons. The Morgan fingerprint density at radius 2 is 1.70 bits per heavy atom. The number of nitriles is 2. The third-order valence-electron chi connectivity index (χ3n) is 5.02. The molecule has 1 heterocycles. The third-order valence-corrected chi connectivity index (χ3v) is 5.99. The highest BCUT2D eigenvalue weighted by Crippen LogP contribution is 2.46. The van der Waals surface area contributed by atoms with Crippen molar-refractivity contribution in [1.29, 1.82) is 10.5 Å². The van der Waals surface area contributed by atoms with Gasteiger partial charge in [-0.3, -0.25) is 4.90 Å². The molecule has 1 atom stereocenters. The minimum Gasteiger partial charge on any atom is -0.466 e. The number of carbonyl (C=O) groups is 2. The summed E-state index contributed by atoms with van der Waals surface area (Å²) in [5.41, 5.74) is 6.47. The van der Waals surface area contributed by atoms with E-state index in [1.165, 1.54) is 6.07 Å². The molecule has 10 heteroatoms. The van der Waals surface area contributed by atoms with Crippen LogP contribution in [0.3, 0.4) is 0 Å². The Kier molecular flexibility index (Phi) is 7.07. The lowest BCUT2D eigenvalue weighted by atomic mass is 9.80. The van der Waals surface area contributed by atoms with Crippen molar-refractivity contribution >= 4 is 45.2 Å². The second-order valence-electron chi connectivity index (χ2n) is 6.70. The maximum atomic E-state index is 13.1. The summed E-state index contributed by atoms with van der Waals surface area (Å²) in [6.45, 7) is 0. The quantitative estimate of drug-likeness (QED) is 0.593. The fourth-order valence-corrected chi connectivity index (χ4v) is 4.26. The number of nitrogens with two attached hydrogens (primary N) is 1. The van der Waals surface area contributed by atoms with Crippen molar-refractivity contribution in [3.63, 3.8) is 0 Å². The van der Waals surface area contributed by atoms with Crippen LogP contribution in [0.25, 0.3) is 0 Å². The van der Waals surface area contributed by atoms with Crippen LogP contribution in [-0.4, -0.2) is 26.2 Å². The number of anilines is 1. The number of ether oxygens (including phenoxy) is 2. The summed E-state index contributed by atoms with van der Waals surface area (Å²) in [7, 11) is 2.28. The van der Waals surface area contributed by atoms with Gasteiger partial charge in [0.15, 0.2) is 0 Å². The van der Waals surface area contributed by atoms with Gasteiger partial charge in [0.25, 0.3) is 0 Å². The lowest BCUT2D eigenvalue weighted by Crippen LogP contribution is -2.41. The van der Waals surface area contributed by atoms with Gasteiger partial charge in [-0.2, -0.15) is 10.5 Å². The molecule has 2 N–H and O–H groups in total. The zero-order valence-electron chi connectivity index (χ0n) is 17.4. The van der Waals surface area contributed by atoms with Gasteiger partial charge in [-0.05, 0) is 33.6 Å². The molecule has 1 aliphatic rings. The van der Waals surface area contributed by atoms with Gasteiger partial charge in [-0.25, -0.2) is 9.59 Å². The molecule has 3 rings (SSSR count). The Hall–Kier alpha value is -3.79. The molecule has 0 saturated carbocycles. The fraction of sp³-hybridized carbons (Fsp3) is 0.130. The lowest BCUT2D eigenvalue weighted by molar-refractivity contribution is -0.139. The minimum atomic E-state index is -1.02. The van der Waals surface area contributed by atoms with Gasteiger partial charge < -0.3 is 15.2 Å². The second kappa shape index (κ2) is 9.78. The Labute approximate surface area is 203 Å². The topological polar surface area (TPSA) is 129 Å². The monoisotopic (exact) mass is 526 g/mol. The van der Waals surface area contributed by atoms with Crippen LogP contribution in [0.1, 0.15) is 17.0 Å². The average Bonchev–Trinajstić information content (AvgIpc) is 2.84. The van der Waals surface area contributed by atoms with Crippen LogP contribution < -0.4 is 10.6 Å². The molecule has 0 aliphatic carbocycles. The molecule has 0 fully saturated rings. The summed E-state index contributed by atoms with van der Waals surface area (Å²) in [5, 5.41) is 19.9. The van der Waals surface area contributed by atoms with Crippen molar-refractivity contribution in [2.24, 2.45) is 5.73 Å². The Bertz CT molecular complexity index is 1290. The molecule has 0 spiro atoms. The summed E-state index contributed by atoms with van der Waals surface area (Å²) >= 11 is 9.72. The lowest BCUT2D eigenvalue weighted by Gasteiger charge is -2.36. The molecule has 166 valence electrons. The summed E-state index contributed by atoms with van der Waals surface area (Å²) in [4.78, 5) is 27.2. The Morgan fingerprint density at radius 3 is 2.24 bits per heavy atom. The number of carbonyl (C=O) groups excluding carboxylic acids is 2. The van der Waals surface area contributed by atoms with E-state index in [1.54, 1.807) is 36.4 Å². The second-order valence-corrected chi connectivity index (χ2v) is 7.96. The highest BCUT2D eigenvalue weighted by Gasteiger charge is 2.44. The van der Waals surface area contributed by atoms with Crippen LogP contribution in [-0.2, 0) is 19.1 Å². The van der Waals surface area contributed by atoms with Crippen molar-refractivity contribution in [2.45, 2.75) is 5.92 Å². The number of hydrogen-bond acceptors (Lipinski definition) is 8. The maximum Gasteiger partial charge on any atom is 0.355 e. The van der Waals surface area contributed by atoms with Crippen LogP contribution >= 0.6 is 27.5 Å². The van der Waals surface area contributed by atoms with Crippen LogP contribution in [0, 0.1) is 22.7 Å². The first-order chi connectivity index (χ1) is 15.8. The number of esters is 2. The zero-order valence-corrected chi connectivity index (χ0v) is 19.8. The van der Waals surface area contributed by atoms with E-state index in [1.807, 2.05) is 12.1 Å². The molecule has 2 aromatic carbocycles. The maximum absolute atomic E-state index is 13.1. The van der Waals surface area contributed by atoms with Gasteiger partial charge in [-0.15, -0.1) is 0 Å². The Morgan fingerprint density at radius 1 is 1.06 bits per heavy atom. The van der Waals surface area contributed by atoms with Crippen molar-refractivity contribution in [2.75, 3.05) is 19.1 Å². The molecule has 2 aromatic rings. The van der Waals surface area contributed by atoms with Gasteiger partial charge >= 0.3 is 11.9 Å². The van der Waals surface area contributed by atoms with Gasteiger partial charge in [-0.1, -0.05) is 41.9 Å². The van der Waals surface area contributed by atoms with E-state index in [0.29, 0.717) is 10.0 Å². The van der Waals surface area contributed by atoms with Crippen LogP contribution in [0.2, 0.25) is 5.02 Å². The first kappa shape index (κ1) is 23.9. The molecular weight excluding hydrogens is 512 g/mol. The molecule has 0 bridgehead atoms. The number of hydrogen-bond donors (Lipinski definition) is 1. The molecule has 33 heavy (non-hydrogen) atoms. The average molecular weight is 528 g/mol. The number of nitrogens with zero attached hydrogens (tertiary/aromatic N) is 3. The van der Waals surface area contributed by atoms with E-state index in [4.69, 9.17) is 26.8 Å². The van der Waals surface area contributed by atoms with E-state index in [0.717, 1.165) is 19.1 Å². The molecule has 0 aromatic heterocycles. The first-order valence-electron chi connectivity index (χ1n) is 9.36. The van der Waals surface area contributed by atoms with Crippen molar-refractivity contribution < 1.29 is 19.1 Å². The number of allylic oxidation sites excluding steroid dienone is 1. The number of methoxy groups -OCH3 is 2. The highest BCUT2D eigenvalue weighted by molar-refractivity contribution is 9.10. The van der Waals surface area contributed by atoms with Crippen molar-refractivity contribution in [1.82, 2.24) is 0 Å².